The van der Waals surface area contributed by atoms with Gasteiger partial charge in [-0.3, -0.25) is 4.79 Å². The first kappa shape index (κ1) is 19.4. The first-order valence-electron chi connectivity index (χ1n) is 10.7. The Balaban J connectivity index is 1.72. The quantitative estimate of drug-likeness (QED) is 0.721. The first-order valence-corrected chi connectivity index (χ1v) is 10.7. The van der Waals surface area contributed by atoms with Crippen molar-refractivity contribution in [2.24, 2.45) is 11.7 Å². The summed E-state index contributed by atoms with van der Waals surface area (Å²) in [6.45, 7) is 7.13. The molecule has 1 aromatic rings. The number of carbonyl (C=O) groups excluding carboxylic acids is 1. The van der Waals surface area contributed by atoms with E-state index in [0.29, 0.717) is 11.6 Å². The number of fused-ring (bicyclic) bond motifs is 2. The molecule has 2 bridgehead atoms. The summed E-state index contributed by atoms with van der Waals surface area (Å²) in [4.78, 5) is 14.4. The molecule has 1 aromatic carbocycles. The molecule has 1 amide bonds. The summed E-state index contributed by atoms with van der Waals surface area (Å²) in [5, 5.41) is 0. The van der Waals surface area contributed by atoms with Gasteiger partial charge in [-0.05, 0) is 67.7 Å². The Morgan fingerprint density at radius 2 is 2.19 bits per heavy atom. The Bertz CT molecular complexity index is 614. The minimum absolute atomic E-state index is 0.260. The molecule has 3 unspecified atom stereocenters. The Morgan fingerprint density at radius 3 is 2.92 bits per heavy atom. The highest BCUT2D eigenvalue weighted by molar-refractivity contribution is 5.92. The zero-order chi connectivity index (χ0) is 18.6. The maximum Gasteiger partial charge on any atom is 0.248 e. The molecule has 1 saturated carbocycles. The third kappa shape index (κ3) is 4.14. The molecule has 144 valence electrons. The van der Waals surface area contributed by atoms with Crippen LogP contribution in [-0.4, -0.2) is 29.9 Å². The molecule has 3 heteroatoms. The second kappa shape index (κ2) is 8.56. The lowest BCUT2D eigenvalue weighted by Gasteiger charge is -2.51. The lowest BCUT2D eigenvalue weighted by molar-refractivity contribution is 0.0384. The predicted octanol–water partition coefficient (Wildman–Crippen LogP) is 4.89. The molecule has 0 spiro atoms. The van der Waals surface area contributed by atoms with Gasteiger partial charge in [0.2, 0.25) is 5.91 Å². The van der Waals surface area contributed by atoms with E-state index in [2.05, 4.69) is 30.9 Å². The third-order valence-corrected chi connectivity index (χ3v) is 7.01. The molecule has 1 heterocycles. The van der Waals surface area contributed by atoms with Crippen LogP contribution < -0.4 is 5.73 Å². The molecular weight excluding hydrogens is 320 g/mol. The van der Waals surface area contributed by atoms with Crippen molar-refractivity contribution in [1.29, 1.82) is 0 Å². The van der Waals surface area contributed by atoms with Gasteiger partial charge in [-0.1, -0.05) is 51.7 Å². The van der Waals surface area contributed by atoms with Crippen molar-refractivity contribution >= 4 is 5.91 Å². The van der Waals surface area contributed by atoms with Crippen molar-refractivity contribution in [3.8, 4) is 0 Å². The van der Waals surface area contributed by atoms with E-state index in [9.17, 15) is 4.79 Å². The first-order chi connectivity index (χ1) is 12.6. The maximum absolute atomic E-state index is 11.6. The van der Waals surface area contributed by atoms with Gasteiger partial charge < -0.3 is 10.6 Å². The molecule has 1 saturated heterocycles. The number of nitrogens with zero attached hydrogens (tertiary/aromatic N) is 1. The maximum atomic E-state index is 11.6. The molecule has 1 aliphatic heterocycles. The fourth-order valence-corrected chi connectivity index (χ4v) is 5.31. The average Bonchev–Trinajstić information content (AvgIpc) is 2.67. The number of benzene rings is 1. The number of hydrogen-bond donors (Lipinski definition) is 1. The molecule has 3 atom stereocenters. The second-order valence-corrected chi connectivity index (χ2v) is 8.64. The second-order valence-electron chi connectivity index (χ2n) is 8.64. The molecule has 3 nitrogen and oxygen atoms in total. The van der Waals surface area contributed by atoms with Gasteiger partial charge in [0, 0.05) is 18.2 Å². The fourth-order valence-electron chi connectivity index (χ4n) is 5.31. The number of rotatable bonds is 8. The van der Waals surface area contributed by atoms with Crippen LogP contribution in [0.4, 0.5) is 0 Å². The molecular formula is C23H36N2O. The van der Waals surface area contributed by atoms with Crippen LogP contribution in [0.1, 0.15) is 87.6 Å². The van der Waals surface area contributed by atoms with Gasteiger partial charge in [0.05, 0.1) is 0 Å². The summed E-state index contributed by atoms with van der Waals surface area (Å²) in [6.07, 6.45) is 11.7. The van der Waals surface area contributed by atoms with Gasteiger partial charge in [0.15, 0.2) is 0 Å². The monoisotopic (exact) mass is 356 g/mol. The normalized spacial score (nSPS) is 27.2. The van der Waals surface area contributed by atoms with Crippen LogP contribution in [0.25, 0.3) is 0 Å². The van der Waals surface area contributed by atoms with Crippen molar-refractivity contribution in [3.63, 3.8) is 0 Å². The minimum atomic E-state index is -0.310. The van der Waals surface area contributed by atoms with Crippen molar-refractivity contribution < 1.29 is 4.79 Å². The molecule has 1 aliphatic carbocycles. The summed E-state index contributed by atoms with van der Waals surface area (Å²) < 4.78 is 0. The summed E-state index contributed by atoms with van der Waals surface area (Å²) in [6, 6.07) is 8.86. The van der Waals surface area contributed by atoms with Gasteiger partial charge in [-0.15, -0.1) is 0 Å². The SMILES string of the molecule is CCCCC(CC)CN1CCC2(c3cccc(C(N)=O)c3)CCCC1C2. The predicted molar refractivity (Wildman–Crippen MR) is 108 cm³/mol. The number of carbonyl (C=O) groups is 1. The summed E-state index contributed by atoms with van der Waals surface area (Å²) in [5.74, 6) is 0.539. The van der Waals surface area contributed by atoms with E-state index < -0.39 is 0 Å². The third-order valence-electron chi connectivity index (χ3n) is 7.01. The lowest BCUT2D eigenvalue weighted by atomic mass is 9.63. The van der Waals surface area contributed by atoms with Crippen molar-refractivity contribution in [1.82, 2.24) is 4.90 Å². The lowest BCUT2D eigenvalue weighted by Crippen LogP contribution is -2.52. The smallest absolute Gasteiger partial charge is 0.248 e. The van der Waals surface area contributed by atoms with Crippen molar-refractivity contribution in [3.05, 3.63) is 35.4 Å². The highest BCUT2D eigenvalue weighted by atomic mass is 16.1. The standard InChI is InChI=1S/C23H36N2O/c1-3-5-8-18(4-2)17-25-14-13-23(12-7-11-21(25)16-23)20-10-6-9-19(15-20)22(24)26/h6,9-10,15,18,21H,3-5,7-8,11-14,16-17H2,1-2H3,(H2,24,26). The highest BCUT2D eigenvalue weighted by Crippen LogP contribution is 2.47. The summed E-state index contributed by atoms with van der Waals surface area (Å²) in [7, 11) is 0. The number of piperidine rings is 1. The minimum Gasteiger partial charge on any atom is -0.366 e. The molecule has 3 rings (SSSR count). The van der Waals surface area contributed by atoms with Crippen LogP contribution in [0, 0.1) is 5.92 Å². The molecule has 2 aliphatic rings. The number of likely N-dealkylation sites (tertiary alicyclic amines) is 1. The molecule has 2 fully saturated rings. The van der Waals surface area contributed by atoms with Crippen LogP contribution in [0.5, 0.6) is 0 Å². The molecule has 26 heavy (non-hydrogen) atoms. The van der Waals surface area contributed by atoms with Crippen molar-refractivity contribution in [2.45, 2.75) is 83.1 Å². The number of amides is 1. The highest BCUT2D eigenvalue weighted by Gasteiger charge is 2.43. The summed E-state index contributed by atoms with van der Waals surface area (Å²) >= 11 is 0. The largest absolute Gasteiger partial charge is 0.366 e. The van der Waals surface area contributed by atoms with E-state index in [0.717, 1.165) is 5.92 Å². The van der Waals surface area contributed by atoms with E-state index in [1.807, 2.05) is 12.1 Å². The number of nitrogens with two attached hydrogens (primary N) is 1. The van der Waals surface area contributed by atoms with Gasteiger partial charge in [-0.2, -0.15) is 0 Å². The molecule has 0 aromatic heterocycles. The van der Waals surface area contributed by atoms with Gasteiger partial charge in [0.25, 0.3) is 0 Å². The van der Waals surface area contributed by atoms with E-state index in [-0.39, 0.29) is 11.3 Å². The number of hydrogen-bond acceptors (Lipinski definition) is 2. The molecule has 0 radical (unpaired) electrons. The zero-order valence-corrected chi connectivity index (χ0v) is 16.7. The average molecular weight is 357 g/mol. The van der Waals surface area contributed by atoms with Gasteiger partial charge in [-0.25, -0.2) is 0 Å². The van der Waals surface area contributed by atoms with Crippen LogP contribution in [0.15, 0.2) is 24.3 Å². The Hall–Kier alpha value is -1.35. The van der Waals surface area contributed by atoms with Crippen molar-refractivity contribution in [2.75, 3.05) is 13.1 Å². The Morgan fingerprint density at radius 1 is 1.35 bits per heavy atom. The van der Waals surface area contributed by atoms with E-state index in [4.69, 9.17) is 5.73 Å². The topological polar surface area (TPSA) is 46.3 Å². The fraction of sp³-hybridized carbons (Fsp3) is 0.696. The van der Waals surface area contributed by atoms with E-state index >= 15 is 0 Å². The van der Waals surface area contributed by atoms with Crippen LogP contribution >= 0.6 is 0 Å². The van der Waals surface area contributed by atoms with E-state index in [1.54, 1.807) is 0 Å². The van der Waals surface area contributed by atoms with Gasteiger partial charge in [0.1, 0.15) is 0 Å². The van der Waals surface area contributed by atoms with Gasteiger partial charge >= 0.3 is 0 Å². The molecule has 2 N–H and O–H groups in total. The van der Waals surface area contributed by atoms with Crippen LogP contribution in [0.3, 0.4) is 0 Å². The Kier molecular flexibility index (Phi) is 6.39. The number of unbranched alkanes of at least 4 members (excludes halogenated alkanes) is 1. The zero-order valence-electron chi connectivity index (χ0n) is 16.7. The number of primary amides is 1. The van der Waals surface area contributed by atoms with Crippen LogP contribution in [-0.2, 0) is 5.41 Å². The van der Waals surface area contributed by atoms with Crippen LogP contribution in [0.2, 0.25) is 0 Å². The summed E-state index contributed by atoms with van der Waals surface area (Å²) in [5.41, 5.74) is 7.79. The van der Waals surface area contributed by atoms with E-state index in [1.165, 1.54) is 76.4 Å². The Labute approximate surface area is 159 Å².